The monoisotopic (exact) mass is 300 g/mol. The van der Waals surface area contributed by atoms with Gasteiger partial charge in [0.1, 0.15) is 0 Å². The highest BCUT2D eigenvalue weighted by molar-refractivity contribution is 7.90. The summed E-state index contributed by atoms with van der Waals surface area (Å²) in [5.41, 5.74) is 7.02. The predicted molar refractivity (Wildman–Crippen MR) is 79.1 cm³/mol. The molecular weight excluding hydrogens is 280 g/mol. The SMILES string of the molecule is Cc1ccc(/C(N)=N/O)cc1NS(=O)(=O)NCC(C)C. The summed E-state index contributed by atoms with van der Waals surface area (Å²) in [6.45, 7) is 5.92. The van der Waals surface area contributed by atoms with Crippen LogP contribution in [0.3, 0.4) is 0 Å². The number of aryl methyl sites for hydroxylation is 1. The fraction of sp³-hybridized carbons (Fsp3) is 0.417. The van der Waals surface area contributed by atoms with Gasteiger partial charge in [0.15, 0.2) is 5.84 Å². The molecule has 112 valence electrons. The average molecular weight is 300 g/mol. The van der Waals surface area contributed by atoms with Gasteiger partial charge < -0.3 is 10.9 Å². The molecule has 0 atom stereocenters. The number of rotatable bonds is 6. The lowest BCUT2D eigenvalue weighted by molar-refractivity contribution is 0.318. The number of hydrogen-bond donors (Lipinski definition) is 4. The van der Waals surface area contributed by atoms with Crippen LogP contribution in [0.1, 0.15) is 25.0 Å². The maximum absolute atomic E-state index is 11.9. The molecule has 0 aliphatic rings. The van der Waals surface area contributed by atoms with Crippen molar-refractivity contribution in [2.45, 2.75) is 20.8 Å². The van der Waals surface area contributed by atoms with E-state index in [4.69, 9.17) is 10.9 Å². The van der Waals surface area contributed by atoms with Gasteiger partial charge in [-0.25, -0.2) is 0 Å². The molecule has 1 aromatic rings. The molecule has 0 bridgehead atoms. The summed E-state index contributed by atoms with van der Waals surface area (Å²) in [5, 5.41) is 11.5. The Bertz CT molecular complexity index is 597. The molecule has 0 spiro atoms. The third-order valence-electron chi connectivity index (χ3n) is 2.57. The lowest BCUT2D eigenvalue weighted by Gasteiger charge is -2.13. The molecule has 0 aromatic heterocycles. The van der Waals surface area contributed by atoms with E-state index < -0.39 is 10.2 Å². The van der Waals surface area contributed by atoms with Crippen molar-refractivity contribution in [1.82, 2.24) is 4.72 Å². The van der Waals surface area contributed by atoms with Crippen LogP contribution in [0.5, 0.6) is 0 Å². The van der Waals surface area contributed by atoms with Gasteiger partial charge in [-0.15, -0.1) is 0 Å². The highest BCUT2D eigenvalue weighted by atomic mass is 32.2. The van der Waals surface area contributed by atoms with Crippen molar-refractivity contribution in [2.24, 2.45) is 16.8 Å². The van der Waals surface area contributed by atoms with Crippen LogP contribution >= 0.6 is 0 Å². The van der Waals surface area contributed by atoms with Gasteiger partial charge in [-0.3, -0.25) is 4.72 Å². The minimum atomic E-state index is -3.64. The van der Waals surface area contributed by atoms with E-state index in [9.17, 15) is 8.42 Å². The molecule has 0 radical (unpaired) electrons. The standard InChI is InChI=1S/C12H20N4O3S/c1-8(2)7-14-20(18,19)16-11-6-10(12(13)15-17)5-4-9(11)3/h4-6,8,14,16-17H,7H2,1-3H3,(H2,13,15). The molecule has 1 rings (SSSR count). The lowest BCUT2D eigenvalue weighted by Crippen LogP contribution is -2.33. The number of nitrogens with one attached hydrogen (secondary N) is 2. The van der Waals surface area contributed by atoms with Crippen molar-refractivity contribution in [3.63, 3.8) is 0 Å². The molecule has 7 nitrogen and oxygen atoms in total. The number of benzene rings is 1. The highest BCUT2D eigenvalue weighted by Crippen LogP contribution is 2.18. The largest absolute Gasteiger partial charge is 0.409 e. The summed E-state index contributed by atoms with van der Waals surface area (Å²) < 4.78 is 28.6. The van der Waals surface area contributed by atoms with Crippen molar-refractivity contribution < 1.29 is 13.6 Å². The Kier molecular flexibility index (Phi) is 5.34. The quantitative estimate of drug-likeness (QED) is 0.271. The van der Waals surface area contributed by atoms with Crippen LogP contribution < -0.4 is 15.2 Å². The molecular formula is C12H20N4O3S. The Morgan fingerprint density at radius 3 is 2.65 bits per heavy atom. The van der Waals surface area contributed by atoms with Crippen molar-refractivity contribution in [3.8, 4) is 0 Å². The summed E-state index contributed by atoms with van der Waals surface area (Å²) in [6, 6.07) is 4.84. The first-order valence-corrected chi connectivity index (χ1v) is 7.59. The van der Waals surface area contributed by atoms with Gasteiger partial charge >= 0.3 is 0 Å². The van der Waals surface area contributed by atoms with Crippen LogP contribution in [0.2, 0.25) is 0 Å². The maximum Gasteiger partial charge on any atom is 0.299 e. The molecule has 8 heteroatoms. The molecule has 0 heterocycles. The van der Waals surface area contributed by atoms with E-state index in [1.54, 1.807) is 19.1 Å². The Morgan fingerprint density at radius 2 is 2.10 bits per heavy atom. The van der Waals surface area contributed by atoms with Crippen LogP contribution in [0.25, 0.3) is 0 Å². The molecule has 0 saturated carbocycles. The molecule has 0 aliphatic heterocycles. The number of oxime groups is 1. The van der Waals surface area contributed by atoms with Crippen LogP contribution in [-0.4, -0.2) is 26.0 Å². The topological polar surface area (TPSA) is 117 Å². The van der Waals surface area contributed by atoms with E-state index in [1.165, 1.54) is 6.07 Å². The fourth-order valence-corrected chi connectivity index (χ4v) is 2.54. The number of nitrogens with zero attached hydrogens (tertiary/aromatic N) is 1. The smallest absolute Gasteiger partial charge is 0.299 e. The van der Waals surface area contributed by atoms with Crippen molar-refractivity contribution in [3.05, 3.63) is 29.3 Å². The van der Waals surface area contributed by atoms with Gasteiger partial charge in [-0.2, -0.15) is 13.1 Å². The number of nitrogens with two attached hydrogens (primary N) is 1. The molecule has 0 fully saturated rings. The summed E-state index contributed by atoms with van der Waals surface area (Å²) in [7, 11) is -3.64. The second-order valence-electron chi connectivity index (χ2n) is 4.86. The summed E-state index contributed by atoms with van der Waals surface area (Å²) in [5.74, 6) is 0.122. The maximum atomic E-state index is 11.9. The molecule has 0 aliphatic carbocycles. The number of hydrogen-bond acceptors (Lipinski definition) is 4. The van der Waals surface area contributed by atoms with Gasteiger partial charge in [0.2, 0.25) is 0 Å². The Hall–Kier alpha value is -1.80. The predicted octanol–water partition coefficient (Wildman–Crippen LogP) is 0.992. The zero-order valence-corrected chi connectivity index (χ0v) is 12.5. The fourth-order valence-electron chi connectivity index (χ4n) is 1.41. The summed E-state index contributed by atoms with van der Waals surface area (Å²) >= 11 is 0. The lowest BCUT2D eigenvalue weighted by atomic mass is 10.1. The van der Waals surface area contributed by atoms with Crippen molar-refractivity contribution in [2.75, 3.05) is 11.3 Å². The highest BCUT2D eigenvalue weighted by Gasteiger charge is 2.13. The van der Waals surface area contributed by atoms with Gasteiger partial charge in [-0.1, -0.05) is 31.1 Å². The van der Waals surface area contributed by atoms with Crippen LogP contribution in [0.4, 0.5) is 5.69 Å². The minimum absolute atomic E-state index is 0.0828. The van der Waals surface area contributed by atoms with Crippen molar-refractivity contribution >= 4 is 21.7 Å². The Morgan fingerprint density at radius 1 is 1.45 bits per heavy atom. The Balaban J connectivity index is 2.97. The molecule has 20 heavy (non-hydrogen) atoms. The zero-order chi connectivity index (χ0) is 15.3. The third-order valence-corrected chi connectivity index (χ3v) is 3.60. The molecule has 0 saturated heterocycles. The van der Waals surface area contributed by atoms with Crippen LogP contribution in [-0.2, 0) is 10.2 Å². The van der Waals surface area contributed by atoms with E-state index in [0.29, 0.717) is 17.8 Å². The number of anilines is 1. The van der Waals surface area contributed by atoms with Gasteiger partial charge in [0, 0.05) is 12.1 Å². The molecule has 0 amide bonds. The zero-order valence-electron chi connectivity index (χ0n) is 11.7. The van der Waals surface area contributed by atoms with E-state index in [1.807, 2.05) is 13.8 Å². The number of amidine groups is 1. The Labute approximate surface area is 119 Å². The summed E-state index contributed by atoms with van der Waals surface area (Å²) in [6.07, 6.45) is 0. The van der Waals surface area contributed by atoms with E-state index in [2.05, 4.69) is 14.6 Å². The van der Waals surface area contributed by atoms with Gasteiger partial charge in [0.25, 0.3) is 10.2 Å². The van der Waals surface area contributed by atoms with E-state index >= 15 is 0 Å². The molecule has 1 aromatic carbocycles. The van der Waals surface area contributed by atoms with Gasteiger partial charge in [-0.05, 0) is 24.5 Å². The first kappa shape index (κ1) is 16.3. The minimum Gasteiger partial charge on any atom is -0.409 e. The van der Waals surface area contributed by atoms with E-state index in [0.717, 1.165) is 5.56 Å². The van der Waals surface area contributed by atoms with Crippen LogP contribution in [0.15, 0.2) is 23.4 Å². The first-order valence-electron chi connectivity index (χ1n) is 6.11. The average Bonchev–Trinajstić information content (AvgIpc) is 2.38. The molecule has 0 unspecified atom stereocenters. The third kappa shape index (κ3) is 4.71. The normalized spacial score (nSPS) is 12.7. The van der Waals surface area contributed by atoms with Crippen molar-refractivity contribution in [1.29, 1.82) is 0 Å². The second-order valence-corrected chi connectivity index (χ2v) is 6.36. The molecule has 5 N–H and O–H groups in total. The summed E-state index contributed by atoms with van der Waals surface area (Å²) in [4.78, 5) is 0. The van der Waals surface area contributed by atoms with Gasteiger partial charge in [0.05, 0.1) is 5.69 Å². The van der Waals surface area contributed by atoms with E-state index in [-0.39, 0.29) is 11.8 Å². The second kappa shape index (κ2) is 6.58. The van der Waals surface area contributed by atoms with Crippen LogP contribution in [0, 0.1) is 12.8 Å². The first-order chi connectivity index (χ1) is 9.25.